The third kappa shape index (κ3) is 4.14. The number of anilines is 2. The molecule has 3 aromatic rings. The minimum atomic E-state index is -0.780. The molecule has 0 saturated heterocycles. The Kier molecular flexibility index (Phi) is 5.46. The highest BCUT2D eigenvalue weighted by atomic mass is 16.2. The largest absolute Gasteiger partial charge is 0.340 e. The Balaban J connectivity index is 1.40. The van der Waals surface area contributed by atoms with E-state index in [1.54, 1.807) is 24.3 Å². The van der Waals surface area contributed by atoms with Crippen LogP contribution in [0.3, 0.4) is 0 Å². The highest BCUT2D eigenvalue weighted by Gasteiger charge is 2.27. The number of aromatic nitrogens is 2. The molecule has 0 fully saturated rings. The molecule has 8 nitrogen and oxygen atoms in total. The van der Waals surface area contributed by atoms with E-state index in [-0.39, 0.29) is 30.6 Å². The number of nitrogens with one attached hydrogen (secondary N) is 3. The highest BCUT2D eigenvalue weighted by Crippen LogP contribution is 2.24. The molecule has 0 unspecified atom stereocenters. The molecule has 8 heteroatoms. The number of carbonyl (C=O) groups excluding carboxylic acids is 3. The van der Waals surface area contributed by atoms with Gasteiger partial charge in [-0.1, -0.05) is 26.0 Å². The van der Waals surface area contributed by atoms with Gasteiger partial charge in [-0.2, -0.15) is 0 Å². The van der Waals surface area contributed by atoms with Gasteiger partial charge in [-0.3, -0.25) is 14.4 Å². The molecule has 4 rings (SSSR count). The number of rotatable bonds is 5. The van der Waals surface area contributed by atoms with Crippen LogP contribution in [0.5, 0.6) is 0 Å². The molecular formula is C23H25N5O3. The van der Waals surface area contributed by atoms with Crippen molar-refractivity contribution in [2.75, 3.05) is 10.6 Å². The Hall–Kier alpha value is -3.68. The second kappa shape index (κ2) is 8.22. The van der Waals surface area contributed by atoms with Gasteiger partial charge >= 0.3 is 0 Å². The molecule has 0 aliphatic carbocycles. The lowest BCUT2D eigenvalue weighted by Gasteiger charge is -2.14. The lowest BCUT2D eigenvalue weighted by Crippen LogP contribution is -2.41. The molecule has 3 N–H and O–H groups in total. The van der Waals surface area contributed by atoms with Crippen LogP contribution in [-0.4, -0.2) is 33.3 Å². The molecule has 2 heterocycles. The van der Waals surface area contributed by atoms with E-state index in [4.69, 9.17) is 0 Å². The molecule has 31 heavy (non-hydrogen) atoms. The fourth-order valence-electron chi connectivity index (χ4n) is 3.83. The maximum atomic E-state index is 12.5. The summed E-state index contributed by atoms with van der Waals surface area (Å²) in [5.41, 5.74) is 3.34. The number of amides is 3. The number of para-hydroxylation sites is 1. The first-order valence-corrected chi connectivity index (χ1v) is 10.3. The quantitative estimate of drug-likeness (QED) is 0.591. The van der Waals surface area contributed by atoms with Crippen molar-refractivity contribution in [3.63, 3.8) is 0 Å². The van der Waals surface area contributed by atoms with Crippen LogP contribution in [0.15, 0.2) is 42.5 Å². The van der Waals surface area contributed by atoms with Gasteiger partial charge in [-0.05, 0) is 36.8 Å². The average Bonchev–Trinajstić information content (AvgIpc) is 3.01. The van der Waals surface area contributed by atoms with Gasteiger partial charge in [0.15, 0.2) is 0 Å². The van der Waals surface area contributed by atoms with Gasteiger partial charge < -0.3 is 20.5 Å². The average molecular weight is 419 g/mol. The number of hydrogen-bond donors (Lipinski definition) is 3. The van der Waals surface area contributed by atoms with Gasteiger partial charge in [0.1, 0.15) is 11.9 Å². The summed E-state index contributed by atoms with van der Waals surface area (Å²) in [6.07, 6.45) is 0.285. The Morgan fingerprint density at radius 3 is 2.74 bits per heavy atom. The van der Waals surface area contributed by atoms with Crippen LogP contribution in [-0.2, 0) is 16.6 Å². The van der Waals surface area contributed by atoms with E-state index >= 15 is 0 Å². The Morgan fingerprint density at radius 1 is 1.19 bits per heavy atom. The Bertz CT molecular complexity index is 1180. The van der Waals surface area contributed by atoms with Crippen LogP contribution >= 0.6 is 0 Å². The molecule has 1 aromatic heterocycles. The van der Waals surface area contributed by atoms with E-state index in [9.17, 15) is 14.4 Å². The van der Waals surface area contributed by atoms with Crippen molar-refractivity contribution in [2.24, 2.45) is 7.05 Å². The van der Waals surface area contributed by atoms with Gasteiger partial charge in [0.25, 0.3) is 5.91 Å². The van der Waals surface area contributed by atoms with Crippen LogP contribution in [0.2, 0.25) is 0 Å². The minimum Gasteiger partial charge on any atom is -0.340 e. The van der Waals surface area contributed by atoms with E-state index in [1.165, 1.54) is 0 Å². The molecule has 1 aliphatic rings. The zero-order valence-corrected chi connectivity index (χ0v) is 17.7. The number of benzene rings is 2. The van der Waals surface area contributed by atoms with E-state index in [0.717, 1.165) is 16.9 Å². The first kappa shape index (κ1) is 20.6. The Morgan fingerprint density at radius 2 is 1.97 bits per heavy atom. The molecule has 3 amide bonds. The summed E-state index contributed by atoms with van der Waals surface area (Å²) in [5.74, 6) is 0.378. The molecule has 160 valence electrons. The topological polar surface area (TPSA) is 105 Å². The zero-order valence-electron chi connectivity index (χ0n) is 17.7. The molecule has 2 aromatic carbocycles. The fourth-order valence-corrected chi connectivity index (χ4v) is 3.83. The third-order valence-corrected chi connectivity index (χ3v) is 5.43. The maximum absolute atomic E-state index is 12.5. The molecule has 0 bridgehead atoms. The Labute approximate surface area is 180 Å². The number of nitrogens with zero attached hydrogens (tertiary/aromatic N) is 2. The summed E-state index contributed by atoms with van der Waals surface area (Å²) in [6, 6.07) is 11.7. The summed E-state index contributed by atoms with van der Waals surface area (Å²) in [4.78, 5) is 42.0. The van der Waals surface area contributed by atoms with Crippen molar-refractivity contribution >= 4 is 40.1 Å². The standard InChI is InChI=1S/C23H25N5O3/c1-13(2)21-25-18-12-14(8-10-19(18)28(21)3)24-20(29)11-9-17-23(31)26-16-7-5-4-6-15(16)22(30)27-17/h4-8,10,12-13,17H,9,11H2,1-3H3,(H,24,29)(H,26,31)(H,27,30)/t17-/m1/s1. The lowest BCUT2D eigenvalue weighted by atomic mass is 10.1. The SMILES string of the molecule is CC(C)c1nc2cc(NC(=O)CC[C@H]3NC(=O)c4ccccc4NC3=O)ccc2n1C. The van der Waals surface area contributed by atoms with Gasteiger partial charge in [0.2, 0.25) is 11.8 Å². The number of fused-ring (bicyclic) bond motifs is 2. The molecular weight excluding hydrogens is 394 g/mol. The second-order valence-electron chi connectivity index (χ2n) is 8.03. The van der Waals surface area contributed by atoms with Crippen molar-refractivity contribution in [3.05, 3.63) is 53.9 Å². The minimum absolute atomic E-state index is 0.0895. The van der Waals surface area contributed by atoms with Crippen LogP contribution in [0.4, 0.5) is 11.4 Å². The van der Waals surface area contributed by atoms with Crippen molar-refractivity contribution in [2.45, 2.75) is 38.6 Å². The zero-order chi connectivity index (χ0) is 22.1. The predicted molar refractivity (Wildman–Crippen MR) is 119 cm³/mol. The summed E-state index contributed by atoms with van der Waals surface area (Å²) in [5, 5.41) is 8.31. The van der Waals surface area contributed by atoms with Crippen molar-refractivity contribution in [1.82, 2.24) is 14.9 Å². The monoisotopic (exact) mass is 419 g/mol. The maximum Gasteiger partial charge on any atom is 0.254 e. The first-order chi connectivity index (χ1) is 14.8. The highest BCUT2D eigenvalue weighted by molar-refractivity contribution is 6.10. The van der Waals surface area contributed by atoms with Gasteiger partial charge in [-0.15, -0.1) is 0 Å². The van der Waals surface area contributed by atoms with E-state index in [0.29, 0.717) is 22.9 Å². The third-order valence-electron chi connectivity index (χ3n) is 5.43. The van der Waals surface area contributed by atoms with Crippen molar-refractivity contribution in [1.29, 1.82) is 0 Å². The van der Waals surface area contributed by atoms with Gasteiger partial charge in [0, 0.05) is 25.1 Å². The summed E-state index contributed by atoms with van der Waals surface area (Å²) in [7, 11) is 1.98. The number of carbonyl (C=O) groups is 3. The second-order valence-corrected chi connectivity index (χ2v) is 8.03. The molecule has 1 atom stereocenters. The van der Waals surface area contributed by atoms with Crippen LogP contribution in [0, 0.1) is 0 Å². The van der Waals surface area contributed by atoms with Crippen molar-refractivity contribution < 1.29 is 14.4 Å². The first-order valence-electron chi connectivity index (χ1n) is 10.3. The summed E-state index contributed by atoms with van der Waals surface area (Å²) in [6.45, 7) is 4.18. The summed E-state index contributed by atoms with van der Waals surface area (Å²) >= 11 is 0. The van der Waals surface area contributed by atoms with E-state index in [2.05, 4.69) is 39.3 Å². The number of aryl methyl sites for hydroxylation is 1. The number of hydrogen-bond acceptors (Lipinski definition) is 4. The van der Waals surface area contributed by atoms with E-state index < -0.39 is 6.04 Å². The van der Waals surface area contributed by atoms with Crippen LogP contribution < -0.4 is 16.0 Å². The molecule has 0 saturated carbocycles. The van der Waals surface area contributed by atoms with Crippen LogP contribution in [0.1, 0.15) is 48.8 Å². The lowest BCUT2D eigenvalue weighted by molar-refractivity contribution is -0.118. The number of imidazole rings is 1. The van der Waals surface area contributed by atoms with Crippen LogP contribution in [0.25, 0.3) is 11.0 Å². The normalized spacial score (nSPS) is 15.9. The van der Waals surface area contributed by atoms with Gasteiger partial charge in [0.05, 0.1) is 22.3 Å². The fraction of sp³-hybridized carbons (Fsp3) is 0.304. The van der Waals surface area contributed by atoms with Crippen molar-refractivity contribution in [3.8, 4) is 0 Å². The van der Waals surface area contributed by atoms with E-state index in [1.807, 2.05) is 25.2 Å². The summed E-state index contributed by atoms with van der Waals surface area (Å²) < 4.78 is 2.05. The smallest absolute Gasteiger partial charge is 0.254 e. The predicted octanol–water partition coefficient (Wildman–Crippen LogP) is 3.17. The molecule has 1 aliphatic heterocycles. The molecule has 0 radical (unpaired) electrons. The van der Waals surface area contributed by atoms with Gasteiger partial charge in [-0.25, -0.2) is 4.98 Å². The molecule has 0 spiro atoms.